The van der Waals surface area contributed by atoms with E-state index < -0.39 is 0 Å². The Kier molecular flexibility index (Phi) is 5.13. The van der Waals surface area contributed by atoms with Crippen molar-refractivity contribution in [1.29, 1.82) is 0 Å². The first-order valence-corrected chi connectivity index (χ1v) is 7.38. The zero-order valence-electron chi connectivity index (χ0n) is 11.9. The molecule has 0 bridgehead atoms. The maximum Gasteiger partial charge on any atom is 0.175 e. The summed E-state index contributed by atoms with van der Waals surface area (Å²) in [6.07, 6.45) is 2.10. The molecule has 2 aromatic rings. The number of benzene rings is 2. The van der Waals surface area contributed by atoms with Crippen LogP contribution in [-0.2, 0) is 12.8 Å². The van der Waals surface area contributed by atoms with Gasteiger partial charge in [-0.15, -0.1) is 0 Å². The molecule has 104 valence electrons. The van der Waals surface area contributed by atoms with Crippen molar-refractivity contribution < 1.29 is 0 Å². The van der Waals surface area contributed by atoms with Crippen molar-refractivity contribution in [2.45, 2.75) is 26.7 Å². The van der Waals surface area contributed by atoms with Crippen molar-refractivity contribution in [3.05, 3.63) is 59.7 Å². The normalized spacial score (nSPS) is 10.1. The van der Waals surface area contributed by atoms with Crippen molar-refractivity contribution in [1.82, 2.24) is 0 Å². The van der Waals surface area contributed by atoms with Crippen molar-refractivity contribution >= 4 is 28.7 Å². The van der Waals surface area contributed by atoms with Gasteiger partial charge in [-0.3, -0.25) is 0 Å². The molecular formula is C17H20N2S. The molecule has 0 atom stereocenters. The first-order chi connectivity index (χ1) is 9.71. The molecule has 0 aromatic heterocycles. The Balaban J connectivity index is 1.93. The van der Waals surface area contributed by atoms with Gasteiger partial charge in [0, 0.05) is 11.4 Å². The molecule has 0 aliphatic carbocycles. The van der Waals surface area contributed by atoms with Gasteiger partial charge in [-0.05, 0) is 60.5 Å². The monoisotopic (exact) mass is 284 g/mol. The third-order valence-corrected chi connectivity index (χ3v) is 3.44. The highest BCUT2D eigenvalue weighted by molar-refractivity contribution is 7.80. The number of rotatable bonds is 4. The smallest absolute Gasteiger partial charge is 0.175 e. The topological polar surface area (TPSA) is 24.1 Å². The summed E-state index contributed by atoms with van der Waals surface area (Å²) in [5.74, 6) is 0. The SMILES string of the molecule is CCc1ccc(NC(=S)Nc2ccc(CC)cc2)cc1. The minimum atomic E-state index is 0.610. The zero-order valence-corrected chi connectivity index (χ0v) is 12.8. The molecule has 0 radical (unpaired) electrons. The zero-order chi connectivity index (χ0) is 14.4. The van der Waals surface area contributed by atoms with Gasteiger partial charge in [0.2, 0.25) is 0 Å². The molecular weight excluding hydrogens is 264 g/mol. The van der Waals surface area contributed by atoms with Crippen LogP contribution in [0.25, 0.3) is 0 Å². The predicted molar refractivity (Wildman–Crippen MR) is 91.5 cm³/mol. The van der Waals surface area contributed by atoms with E-state index in [0.717, 1.165) is 24.2 Å². The lowest BCUT2D eigenvalue weighted by atomic mass is 10.1. The fraction of sp³-hybridized carbons (Fsp3) is 0.235. The minimum Gasteiger partial charge on any atom is -0.332 e. The van der Waals surface area contributed by atoms with E-state index in [1.807, 2.05) is 24.3 Å². The maximum absolute atomic E-state index is 5.32. The van der Waals surface area contributed by atoms with Gasteiger partial charge < -0.3 is 10.6 Å². The molecule has 0 saturated heterocycles. The Labute approximate surface area is 126 Å². The average molecular weight is 284 g/mol. The number of anilines is 2. The number of hydrogen-bond donors (Lipinski definition) is 2. The molecule has 0 amide bonds. The van der Waals surface area contributed by atoms with E-state index >= 15 is 0 Å². The largest absolute Gasteiger partial charge is 0.332 e. The standard InChI is InChI=1S/C17H20N2S/c1-3-13-5-9-15(10-6-13)18-17(20)19-16-11-7-14(4-2)8-12-16/h5-12H,3-4H2,1-2H3,(H2,18,19,20). The van der Waals surface area contributed by atoms with Crippen LogP contribution < -0.4 is 10.6 Å². The van der Waals surface area contributed by atoms with Crippen LogP contribution in [0.4, 0.5) is 11.4 Å². The fourth-order valence-electron chi connectivity index (χ4n) is 1.94. The van der Waals surface area contributed by atoms with E-state index in [2.05, 4.69) is 48.7 Å². The van der Waals surface area contributed by atoms with E-state index in [0.29, 0.717) is 5.11 Å². The van der Waals surface area contributed by atoms with Crippen molar-refractivity contribution in [3.63, 3.8) is 0 Å². The molecule has 0 spiro atoms. The third kappa shape index (κ3) is 4.07. The van der Waals surface area contributed by atoms with Gasteiger partial charge in [-0.2, -0.15) is 0 Å². The lowest BCUT2D eigenvalue weighted by Crippen LogP contribution is -2.18. The summed E-state index contributed by atoms with van der Waals surface area (Å²) in [6.45, 7) is 4.29. The van der Waals surface area contributed by atoms with Crippen molar-refractivity contribution in [2.75, 3.05) is 10.6 Å². The fourth-order valence-corrected chi connectivity index (χ4v) is 2.18. The van der Waals surface area contributed by atoms with Gasteiger partial charge in [0.1, 0.15) is 0 Å². The molecule has 0 saturated carbocycles. The summed E-state index contributed by atoms with van der Waals surface area (Å²) in [4.78, 5) is 0. The maximum atomic E-state index is 5.32. The highest BCUT2D eigenvalue weighted by atomic mass is 32.1. The summed E-state index contributed by atoms with van der Waals surface area (Å²) < 4.78 is 0. The molecule has 0 unspecified atom stereocenters. The quantitative estimate of drug-likeness (QED) is 0.801. The van der Waals surface area contributed by atoms with Crippen LogP contribution in [0.3, 0.4) is 0 Å². The first-order valence-electron chi connectivity index (χ1n) is 6.97. The molecule has 2 rings (SSSR count). The number of hydrogen-bond acceptors (Lipinski definition) is 1. The molecule has 0 fully saturated rings. The van der Waals surface area contributed by atoms with Crippen LogP contribution in [0.2, 0.25) is 0 Å². The molecule has 2 aromatic carbocycles. The minimum absolute atomic E-state index is 0.610. The van der Waals surface area contributed by atoms with E-state index in [4.69, 9.17) is 12.2 Å². The first kappa shape index (κ1) is 14.5. The van der Waals surface area contributed by atoms with E-state index in [9.17, 15) is 0 Å². The second kappa shape index (κ2) is 7.06. The Morgan fingerprint density at radius 1 is 0.750 bits per heavy atom. The van der Waals surface area contributed by atoms with Crippen molar-refractivity contribution in [2.24, 2.45) is 0 Å². The van der Waals surface area contributed by atoms with Crippen molar-refractivity contribution in [3.8, 4) is 0 Å². The van der Waals surface area contributed by atoms with E-state index in [1.54, 1.807) is 0 Å². The lowest BCUT2D eigenvalue weighted by Gasteiger charge is -2.11. The lowest BCUT2D eigenvalue weighted by molar-refractivity contribution is 1.14. The summed E-state index contributed by atoms with van der Waals surface area (Å²) in [5, 5.41) is 6.99. The number of aryl methyl sites for hydroxylation is 2. The Morgan fingerprint density at radius 3 is 1.40 bits per heavy atom. The number of nitrogens with one attached hydrogen (secondary N) is 2. The Hall–Kier alpha value is -1.87. The van der Waals surface area contributed by atoms with Crippen LogP contribution in [0.1, 0.15) is 25.0 Å². The Morgan fingerprint density at radius 2 is 1.10 bits per heavy atom. The van der Waals surface area contributed by atoms with Gasteiger partial charge in [-0.1, -0.05) is 38.1 Å². The summed E-state index contributed by atoms with van der Waals surface area (Å²) >= 11 is 5.32. The molecule has 2 N–H and O–H groups in total. The van der Waals surface area contributed by atoms with Crippen LogP contribution in [-0.4, -0.2) is 5.11 Å². The van der Waals surface area contributed by atoms with Gasteiger partial charge in [0.05, 0.1) is 0 Å². The molecule has 20 heavy (non-hydrogen) atoms. The second-order valence-electron chi connectivity index (χ2n) is 4.68. The number of thiocarbonyl (C=S) groups is 1. The molecule has 0 heterocycles. The second-order valence-corrected chi connectivity index (χ2v) is 5.09. The molecule has 3 heteroatoms. The predicted octanol–water partition coefficient (Wildman–Crippen LogP) is 4.62. The summed E-state index contributed by atoms with van der Waals surface area (Å²) in [6, 6.07) is 16.6. The highest BCUT2D eigenvalue weighted by Crippen LogP contribution is 2.13. The highest BCUT2D eigenvalue weighted by Gasteiger charge is 1.99. The van der Waals surface area contributed by atoms with Crippen LogP contribution >= 0.6 is 12.2 Å². The van der Waals surface area contributed by atoms with Gasteiger partial charge in [0.25, 0.3) is 0 Å². The van der Waals surface area contributed by atoms with Gasteiger partial charge in [-0.25, -0.2) is 0 Å². The molecule has 2 nitrogen and oxygen atoms in total. The summed E-state index contributed by atoms with van der Waals surface area (Å²) in [7, 11) is 0. The molecule has 0 aliphatic heterocycles. The molecule has 0 aliphatic rings. The van der Waals surface area contributed by atoms with Crippen LogP contribution in [0.15, 0.2) is 48.5 Å². The van der Waals surface area contributed by atoms with Gasteiger partial charge in [0.15, 0.2) is 5.11 Å². The van der Waals surface area contributed by atoms with Crippen LogP contribution in [0, 0.1) is 0 Å². The van der Waals surface area contributed by atoms with E-state index in [1.165, 1.54) is 11.1 Å². The van der Waals surface area contributed by atoms with Crippen LogP contribution in [0.5, 0.6) is 0 Å². The van der Waals surface area contributed by atoms with Gasteiger partial charge >= 0.3 is 0 Å². The van der Waals surface area contributed by atoms with E-state index in [-0.39, 0.29) is 0 Å². The Bertz CT molecular complexity index is 507. The average Bonchev–Trinajstić information content (AvgIpc) is 2.49. The third-order valence-electron chi connectivity index (χ3n) is 3.24. The summed E-state index contributed by atoms with van der Waals surface area (Å²) in [5.41, 5.74) is 4.66.